The average Bonchev–Trinajstić information content (AvgIpc) is 2.89. The summed E-state index contributed by atoms with van der Waals surface area (Å²) >= 11 is 0. The number of amides is 1. The number of aliphatic carboxylic acids is 1. The monoisotopic (exact) mass is 323 g/mol. The molecule has 1 fully saturated rings. The number of aromatic nitrogens is 1. The smallest absolute Gasteiger partial charge is 0.317 e. The minimum atomic E-state index is -0.823. The van der Waals surface area contributed by atoms with E-state index in [2.05, 4.69) is 10.5 Å². The Morgan fingerprint density at radius 1 is 1.43 bits per heavy atom. The van der Waals surface area contributed by atoms with Crippen LogP contribution in [0.3, 0.4) is 0 Å². The third-order valence-corrected chi connectivity index (χ3v) is 4.19. The molecule has 1 aliphatic rings. The maximum atomic E-state index is 12.2. The van der Waals surface area contributed by atoms with Crippen molar-refractivity contribution in [1.29, 1.82) is 0 Å². The number of carbonyl (C=O) groups is 2. The predicted molar refractivity (Wildman–Crippen MR) is 84.4 cm³/mol. The second-order valence-electron chi connectivity index (χ2n) is 7.08. The molecule has 2 rings (SSSR count). The van der Waals surface area contributed by atoms with E-state index < -0.39 is 5.97 Å². The fourth-order valence-electron chi connectivity index (χ4n) is 2.67. The molecular weight excluding hydrogens is 298 g/mol. The first kappa shape index (κ1) is 17.5. The van der Waals surface area contributed by atoms with Crippen molar-refractivity contribution in [2.24, 2.45) is 0 Å². The van der Waals surface area contributed by atoms with Crippen LogP contribution in [-0.2, 0) is 10.2 Å². The van der Waals surface area contributed by atoms with Crippen molar-refractivity contribution in [1.82, 2.24) is 15.4 Å². The topological polar surface area (TPSA) is 95.7 Å². The number of rotatable bonds is 6. The zero-order chi connectivity index (χ0) is 17.2. The van der Waals surface area contributed by atoms with Crippen molar-refractivity contribution in [2.75, 3.05) is 13.1 Å². The summed E-state index contributed by atoms with van der Waals surface area (Å²) in [6.07, 6.45) is 1.52. The second-order valence-corrected chi connectivity index (χ2v) is 7.08. The molecule has 1 saturated carbocycles. The molecule has 0 bridgehead atoms. The van der Waals surface area contributed by atoms with Gasteiger partial charge in [0.2, 0.25) is 0 Å². The van der Waals surface area contributed by atoms with Gasteiger partial charge in [-0.3, -0.25) is 14.5 Å². The Labute approximate surface area is 136 Å². The van der Waals surface area contributed by atoms with Crippen LogP contribution in [-0.4, -0.2) is 52.2 Å². The first-order valence-electron chi connectivity index (χ1n) is 7.94. The van der Waals surface area contributed by atoms with Crippen LogP contribution >= 0.6 is 0 Å². The van der Waals surface area contributed by atoms with Crippen molar-refractivity contribution in [3.63, 3.8) is 0 Å². The zero-order valence-corrected chi connectivity index (χ0v) is 14.1. The first-order valence-corrected chi connectivity index (χ1v) is 7.94. The number of carboxylic acid groups (broad SMARTS) is 1. The van der Waals surface area contributed by atoms with Crippen LogP contribution < -0.4 is 5.32 Å². The van der Waals surface area contributed by atoms with Gasteiger partial charge in [0.25, 0.3) is 5.91 Å². The van der Waals surface area contributed by atoms with Crippen molar-refractivity contribution in [2.45, 2.75) is 58.0 Å². The maximum absolute atomic E-state index is 12.2. The van der Waals surface area contributed by atoms with E-state index in [4.69, 9.17) is 9.63 Å². The highest BCUT2D eigenvalue weighted by atomic mass is 16.5. The Kier molecular flexibility index (Phi) is 5.09. The highest BCUT2D eigenvalue weighted by Crippen LogP contribution is 2.26. The highest BCUT2D eigenvalue weighted by molar-refractivity contribution is 5.92. The standard InChI is InChI=1S/C16H25N3O4/c1-5-19(9-14(20)21)11-6-10(7-11)17-15(22)12-8-13(23-18-12)16(2,3)4/h8,10-11H,5-7,9H2,1-4H3,(H,17,22)(H,20,21). The number of likely N-dealkylation sites (N-methyl/N-ethyl adjacent to an activating group) is 1. The summed E-state index contributed by atoms with van der Waals surface area (Å²) in [5, 5.41) is 15.6. The average molecular weight is 323 g/mol. The van der Waals surface area contributed by atoms with E-state index >= 15 is 0 Å². The molecule has 0 aromatic carbocycles. The number of hydrogen-bond acceptors (Lipinski definition) is 5. The Morgan fingerprint density at radius 2 is 2.09 bits per heavy atom. The van der Waals surface area contributed by atoms with E-state index in [1.165, 1.54) is 0 Å². The summed E-state index contributed by atoms with van der Waals surface area (Å²) < 4.78 is 5.22. The van der Waals surface area contributed by atoms with Crippen molar-refractivity contribution < 1.29 is 19.2 Å². The van der Waals surface area contributed by atoms with E-state index in [1.807, 2.05) is 32.6 Å². The molecular formula is C16H25N3O4. The molecule has 0 atom stereocenters. The minimum absolute atomic E-state index is 0.0417. The molecule has 1 aliphatic carbocycles. The van der Waals surface area contributed by atoms with Crippen LogP contribution in [0.15, 0.2) is 10.6 Å². The summed E-state index contributed by atoms with van der Waals surface area (Å²) in [5.41, 5.74) is 0.0993. The SMILES string of the molecule is CCN(CC(=O)O)C1CC(NC(=O)c2cc(C(C)(C)C)on2)C1. The number of hydrogen-bond donors (Lipinski definition) is 2. The quantitative estimate of drug-likeness (QED) is 0.826. The Balaban J connectivity index is 1.84. The molecule has 0 radical (unpaired) electrons. The molecule has 1 aromatic rings. The molecule has 0 spiro atoms. The summed E-state index contributed by atoms with van der Waals surface area (Å²) in [6.45, 7) is 8.66. The molecule has 128 valence electrons. The van der Waals surface area contributed by atoms with Gasteiger partial charge in [0.15, 0.2) is 5.69 Å². The molecule has 7 heteroatoms. The van der Waals surface area contributed by atoms with Crippen LogP contribution in [0.25, 0.3) is 0 Å². The van der Waals surface area contributed by atoms with E-state index in [-0.39, 0.29) is 35.6 Å². The molecule has 0 unspecified atom stereocenters. The van der Waals surface area contributed by atoms with E-state index in [9.17, 15) is 9.59 Å². The Hall–Kier alpha value is -1.89. The lowest BCUT2D eigenvalue weighted by molar-refractivity contribution is -0.139. The lowest BCUT2D eigenvalue weighted by Gasteiger charge is -2.42. The summed E-state index contributed by atoms with van der Waals surface area (Å²) in [7, 11) is 0. The predicted octanol–water partition coefficient (Wildman–Crippen LogP) is 1.64. The third-order valence-electron chi connectivity index (χ3n) is 4.19. The fourth-order valence-corrected chi connectivity index (χ4v) is 2.67. The van der Waals surface area contributed by atoms with Gasteiger partial charge >= 0.3 is 5.97 Å². The fraction of sp³-hybridized carbons (Fsp3) is 0.688. The van der Waals surface area contributed by atoms with Gasteiger partial charge in [-0.15, -0.1) is 0 Å². The van der Waals surface area contributed by atoms with Crippen LogP contribution in [0, 0.1) is 0 Å². The normalized spacial score (nSPS) is 21.1. The third kappa shape index (κ3) is 4.31. The van der Waals surface area contributed by atoms with Crippen molar-refractivity contribution in [3.05, 3.63) is 17.5 Å². The lowest BCUT2D eigenvalue weighted by atomic mass is 9.85. The summed E-state index contributed by atoms with van der Waals surface area (Å²) in [6, 6.07) is 1.95. The second kappa shape index (κ2) is 6.70. The van der Waals surface area contributed by atoms with E-state index in [0.717, 1.165) is 12.8 Å². The van der Waals surface area contributed by atoms with Gasteiger partial charge in [0.05, 0.1) is 6.54 Å². The maximum Gasteiger partial charge on any atom is 0.317 e. The molecule has 0 aliphatic heterocycles. The van der Waals surface area contributed by atoms with Crippen molar-refractivity contribution in [3.8, 4) is 0 Å². The Bertz CT molecular complexity index is 570. The van der Waals surface area contributed by atoms with Gasteiger partial charge < -0.3 is 14.9 Å². The molecule has 7 nitrogen and oxygen atoms in total. The molecule has 1 amide bonds. The first-order chi connectivity index (χ1) is 10.7. The minimum Gasteiger partial charge on any atom is -0.480 e. The largest absolute Gasteiger partial charge is 0.480 e. The number of nitrogens with zero attached hydrogens (tertiary/aromatic N) is 2. The van der Waals surface area contributed by atoms with Gasteiger partial charge in [-0.05, 0) is 19.4 Å². The van der Waals surface area contributed by atoms with Crippen LogP contribution in [0.4, 0.5) is 0 Å². The number of carboxylic acids is 1. The summed E-state index contributed by atoms with van der Waals surface area (Å²) in [4.78, 5) is 24.9. The molecule has 1 aromatic heterocycles. The van der Waals surface area contributed by atoms with Gasteiger partial charge in [-0.2, -0.15) is 0 Å². The van der Waals surface area contributed by atoms with E-state index in [1.54, 1.807) is 6.07 Å². The van der Waals surface area contributed by atoms with Gasteiger partial charge in [0, 0.05) is 23.6 Å². The van der Waals surface area contributed by atoms with Crippen molar-refractivity contribution >= 4 is 11.9 Å². The summed E-state index contributed by atoms with van der Waals surface area (Å²) in [5.74, 6) is -0.390. The van der Waals surface area contributed by atoms with E-state index in [0.29, 0.717) is 12.3 Å². The van der Waals surface area contributed by atoms with Gasteiger partial charge in [0.1, 0.15) is 5.76 Å². The molecule has 2 N–H and O–H groups in total. The van der Waals surface area contributed by atoms with Gasteiger partial charge in [-0.25, -0.2) is 0 Å². The van der Waals surface area contributed by atoms with Crippen LogP contribution in [0.1, 0.15) is 56.8 Å². The zero-order valence-electron chi connectivity index (χ0n) is 14.1. The van der Waals surface area contributed by atoms with Crippen LogP contribution in [0.2, 0.25) is 0 Å². The van der Waals surface area contributed by atoms with Crippen LogP contribution in [0.5, 0.6) is 0 Å². The lowest BCUT2D eigenvalue weighted by Crippen LogP contribution is -2.54. The molecule has 0 saturated heterocycles. The molecule has 1 heterocycles. The highest BCUT2D eigenvalue weighted by Gasteiger charge is 2.35. The number of carbonyl (C=O) groups excluding carboxylic acids is 1. The number of nitrogens with one attached hydrogen (secondary N) is 1. The molecule has 23 heavy (non-hydrogen) atoms. The van der Waals surface area contributed by atoms with Gasteiger partial charge in [-0.1, -0.05) is 32.9 Å². The Morgan fingerprint density at radius 3 is 2.57 bits per heavy atom.